The molecule has 0 N–H and O–H groups in total. The Morgan fingerprint density at radius 2 is 1.63 bits per heavy atom. The van der Waals surface area contributed by atoms with E-state index in [0.717, 1.165) is 38.3 Å². The van der Waals surface area contributed by atoms with Crippen LogP contribution >= 0.6 is 0 Å². The molecule has 0 aromatic heterocycles. The Morgan fingerprint density at radius 3 is 2.21 bits per heavy atom. The first-order chi connectivity index (χ1) is 9.31. The smallest absolute Gasteiger partial charge is 0.0507 e. The van der Waals surface area contributed by atoms with Gasteiger partial charge in [-0.25, -0.2) is 0 Å². The lowest BCUT2D eigenvalue weighted by Gasteiger charge is -2.41. The van der Waals surface area contributed by atoms with E-state index in [1.807, 2.05) is 0 Å². The second-order valence-corrected chi connectivity index (χ2v) is 6.56. The highest BCUT2D eigenvalue weighted by Gasteiger charge is 2.29. The van der Waals surface area contributed by atoms with Crippen molar-refractivity contribution in [2.75, 3.05) is 59.2 Å². The minimum atomic E-state index is 0.691. The monoisotopic (exact) mass is 268 g/mol. The Bertz CT molecular complexity index is 275. The zero-order chi connectivity index (χ0) is 13.1. The number of hydrogen-bond donors (Lipinski definition) is 0. The number of hydrogen-bond acceptors (Lipinski definition) is 4. The van der Waals surface area contributed by atoms with Crippen LogP contribution in [0.15, 0.2) is 0 Å². The topological polar surface area (TPSA) is 24.9 Å². The summed E-state index contributed by atoms with van der Waals surface area (Å²) in [6.45, 7) is 12.5. The standard InChI is InChI=1S/C15H28N2O2/c1-13-8-16(9-14-2-6-18-11-14)4-5-17(13)10-15-3-7-19-12-15/h13-15H,2-12H2,1H3. The van der Waals surface area contributed by atoms with E-state index in [1.54, 1.807) is 0 Å². The first-order valence-corrected chi connectivity index (χ1v) is 7.93. The van der Waals surface area contributed by atoms with Crippen LogP contribution in [0.3, 0.4) is 0 Å². The van der Waals surface area contributed by atoms with E-state index in [2.05, 4.69) is 16.7 Å². The predicted molar refractivity (Wildman–Crippen MR) is 75.3 cm³/mol. The van der Waals surface area contributed by atoms with Gasteiger partial charge in [-0.1, -0.05) is 0 Å². The van der Waals surface area contributed by atoms with Gasteiger partial charge in [0.1, 0.15) is 0 Å². The molecule has 3 saturated heterocycles. The van der Waals surface area contributed by atoms with E-state index in [-0.39, 0.29) is 0 Å². The van der Waals surface area contributed by atoms with Gasteiger partial charge in [0.2, 0.25) is 0 Å². The van der Waals surface area contributed by atoms with Gasteiger partial charge in [-0.15, -0.1) is 0 Å². The maximum absolute atomic E-state index is 5.49. The van der Waals surface area contributed by atoms with E-state index < -0.39 is 0 Å². The predicted octanol–water partition coefficient (Wildman–Crippen LogP) is 1.07. The average molecular weight is 268 g/mol. The third kappa shape index (κ3) is 3.69. The highest BCUT2D eigenvalue weighted by molar-refractivity contribution is 4.83. The molecular formula is C15H28N2O2. The van der Waals surface area contributed by atoms with Crippen molar-refractivity contribution in [1.82, 2.24) is 9.80 Å². The minimum absolute atomic E-state index is 0.691. The molecule has 3 heterocycles. The molecule has 0 aromatic rings. The molecule has 3 fully saturated rings. The summed E-state index contributed by atoms with van der Waals surface area (Å²) < 4.78 is 11.0. The number of piperazine rings is 1. The molecule has 0 radical (unpaired) electrons. The molecule has 3 atom stereocenters. The minimum Gasteiger partial charge on any atom is -0.381 e. The maximum Gasteiger partial charge on any atom is 0.0507 e. The van der Waals surface area contributed by atoms with Gasteiger partial charge in [-0.3, -0.25) is 4.90 Å². The summed E-state index contributed by atoms with van der Waals surface area (Å²) in [5, 5.41) is 0. The summed E-state index contributed by atoms with van der Waals surface area (Å²) in [5.41, 5.74) is 0. The fraction of sp³-hybridized carbons (Fsp3) is 1.00. The van der Waals surface area contributed by atoms with Crippen molar-refractivity contribution in [2.24, 2.45) is 11.8 Å². The molecule has 3 aliphatic heterocycles. The first-order valence-electron chi connectivity index (χ1n) is 7.93. The first kappa shape index (κ1) is 13.8. The fourth-order valence-electron chi connectivity index (χ4n) is 3.66. The molecule has 0 bridgehead atoms. The van der Waals surface area contributed by atoms with Crippen molar-refractivity contribution in [2.45, 2.75) is 25.8 Å². The van der Waals surface area contributed by atoms with Gasteiger partial charge in [0.15, 0.2) is 0 Å². The van der Waals surface area contributed by atoms with Gasteiger partial charge in [0.25, 0.3) is 0 Å². The van der Waals surface area contributed by atoms with Crippen molar-refractivity contribution < 1.29 is 9.47 Å². The van der Waals surface area contributed by atoms with E-state index in [1.165, 1.54) is 45.6 Å². The van der Waals surface area contributed by atoms with Crippen molar-refractivity contribution in [1.29, 1.82) is 0 Å². The zero-order valence-electron chi connectivity index (χ0n) is 12.2. The normalized spacial score (nSPS) is 38.1. The molecule has 3 unspecified atom stereocenters. The lowest BCUT2D eigenvalue weighted by atomic mass is 10.0. The van der Waals surface area contributed by atoms with Crippen molar-refractivity contribution in [3.63, 3.8) is 0 Å². The van der Waals surface area contributed by atoms with Crippen LogP contribution in [0.1, 0.15) is 19.8 Å². The molecule has 0 aromatic carbocycles. The molecule has 0 saturated carbocycles. The number of rotatable bonds is 4. The third-order valence-corrected chi connectivity index (χ3v) is 4.91. The number of nitrogens with zero attached hydrogens (tertiary/aromatic N) is 2. The highest BCUT2D eigenvalue weighted by Crippen LogP contribution is 2.20. The molecule has 110 valence electrons. The van der Waals surface area contributed by atoms with Crippen molar-refractivity contribution >= 4 is 0 Å². The summed E-state index contributed by atoms with van der Waals surface area (Å²) in [6.07, 6.45) is 2.51. The lowest BCUT2D eigenvalue weighted by molar-refractivity contribution is 0.0573. The van der Waals surface area contributed by atoms with E-state index in [0.29, 0.717) is 6.04 Å². The van der Waals surface area contributed by atoms with Crippen LogP contribution in [0.2, 0.25) is 0 Å². The van der Waals surface area contributed by atoms with E-state index in [9.17, 15) is 0 Å². The quantitative estimate of drug-likeness (QED) is 0.761. The summed E-state index contributed by atoms with van der Waals surface area (Å²) in [4.78, 5) is 5.31. The molecule has 19 heavy (non-hydrogen) atoms. The molecular weight excluding hydrogens is 240 g/mol. The van der Waals surface area contributed by atoms with E-state index >= 15 is 0 Å². The summed E-state index contributed by atoms with van der Waals surface area (Å²) in [5.74, 6) is 1.55. The van der Waals surface area contributed by atoms with Gasteiger partial charge in [-0.05, 0) is 31.6 Å². The Hall–Kier alpha value is -0.160. The van der Waals surface area contributed by atoms with Crippen LogP contribution in [-0.2, 0) is 9.47 Å². The van der Waals surface area contributed by atoms with Crippen molar-refractivity contribution in [3.05, 3.63) is 0 Å². The molecule has 3 rings (SSSR count). The molecule has 4 heteroatoms. The highest BCUT2D eigenvalue weighted by atomic mass is 16.5. The summed E-state index contributed by atoms with van der Waals surface area (Å²) >= 11 is 0. The Morgan fingerprint density at radius 1 is 0.947 bits per heavy atom. The molecule has 0 spiro atoms. The van der Waals surface area contributed by atoms with Gasteiger partial charge in [0, 0.05) is 52.0 Å². The van der Waals surface area contributed by atoms with E-state index in [4.69, 9.17) is 9.47 Å². The third-order valence-electron chi connectivity index (χ3n) is 4.91. The second-order valence-electron chi connectivity index (χ2n) is 6.56. The van der Waals surface area contributed by atoms with Gasteiger partial charge in [0.05, 0.1) is 13.2 Å². The van der Waals surface area contributed by atoms with Crippen LogP contribution in [0.4, 0.5) is 0 Å². The molecule has 4 nitrogen and oxygen atoms in total. The van der Waals surface area contributed by atoms with Gasteiger partial charge in [-0.2, -0.15) is 0 Å². The molecule has 0 amide bonds. The average Bonchev–Trinajstić information content (AvgIpc) is 3.05. The van der Waals surface area contributed by atoms with Crippen LogP contribution in [0, 0.1) is 11.8 Å². The van der Waals surface area contributed by atoms with Crippen LogP contribution in [0.5, 0.6) is 0 Å². The largest absolute Gasteiger partial charge is 0.381 e. The Balaban J connectivity index is 1.42. The van der Waals surface area contributed by atoms with Crippen LogP contribution in [-0.4, -0.2) is 75.0 Å². The van der Waals surface area contributed by atoms with Crippen molar-refractivity contribution in [3.8, 4) is 0 Å². The molecule has 0 aliphatic carbocycles. The van der Waals surface area contributed by atoms with Crippen LogP contribution in [0.25, 0.3) is 0 Å². The Labute approximate surface area is 117 Å². The number of ether oxygens (including phenoxy) is 2. The SMILES string of the molecule is CC1CN(CC2CCOC2)CCN1CC1CCOC1. The lowest BCUT2D eigenvalue weighted by Crippen LogP contribution is -2.53. The second kappa shape index (κ2) is 6.53. The van der Waals surface area contributed by atoms with Crippen LogP contribution < -0.4 is 0 Å². The Kier molecular flexibility index (Phi) is 4.74. The van der Waals surface area contributed by atoms with Gasteiger partial charge < -0.3 is 14.4 Å². The molecule has 3 aliphatic rings. The fourth-order valence-corrected chi connectivity index (χ4v) is 3.66. The summed E-state index contributed by atoms with van der Waals surface area (Å²) in [6, 6.07) is 0.691. The maximum atomic E-state index is 5.49. The summed E-state index contributed by atoms with van der Waals surface area (Å²) in [7, 11) is 0. The van der Waals surface area contributed by atoms with Gasteiger partial charge >= 0.3 is 0 Å². The zero-order valence-corrected chi connectivity index (χ0v) is 12.2.